The zero-order valence-corrected chi connectivity index (χ0v) is 16.2. The number of rotatable bonds is 4. The second kappa shape index (κ2) is 7.15. The summed E-state index contributed by atoms with van der Waals surface area (Å²) < 4.78 is 17.7. The molecule has 0 aliphatic carbocycles. The second-order valence-corrected chi connectivity index (χ2v) is 7.38. The molecule has 0 bridgehead atoms. The third-order valence-corrected chi connectivity index (χ3v) is 5.01. The minimum Gasteiger partial charge on any atom is -0.491 e. The third kappa shape index (κ3) is 3.10. The van der Waals surface area contributed by atoms with Gasteiger partial charge in [0.2, 0.25) is 0 Å². The summed E-state index contributed by atoms with van der Waals surface area (Å²) in [5.74, 6) is -0.892. The van der Waals surface area contributed by atoms with Gasteiger partial charge in [-0.05, 0) is 32.4 Å². The van der Waals surface area contributed by atoms with Crippen LogP contribution in [0.25, 0.3) is 0 Å². The topological polar surface area (TPSA) is 48.0 Å². The highest BCUT2D eigenvalue weighted by Crippen LogP contribution is 2.49. The van der Waals surface area contributed by atoms with Crippen LogP contribution in [0.4, 0.5) is 5.69 Å². The highest BCUT2D eigenvalue weighted by molar-refractivity contribution is 6.35. The van der Waals surface area contributed by atoms with Crippen molar-refractivity contribution in [3.8, 4) is 5.75 Å². The van der Waals surface area contributed by atoms with Crippen molar-refractivity contribution in [2.24, 2.45) is 0 Å². The van der Waals surface area contributed by atoms with Gasteiger partial charge >= 0.3 is 0 Å². The Morgan fingerprint density at radius 3 is 2.63 bits per heavy atom. The van der Waals surface area contributed by atoms with Crippen LogP contribution < -0.4 is 9.64 Å². The molecule has 2 aromatic carbocycles. The lowest BCUT2D eigenvalue weighted by Gasteiger charge is -2.32. The predicted molar refractivity (Wildman–Crippen MR) is 103 cm³/mol. The number of carbonyl (C=O) groups excluding carboxylic acids is 1. The number of amides is 1. The Kier molecular flexibility index (Phi) is 4.84. The third-order valence-electron chi connectivity index (χ3n) is 4.70. The van der Waals surface area contributed by atoms with Gasteiger partial charge in [0, 0.05) is 11.1 Å². The monoisotopic (exact) mass is 387 g/mol. The summed E-state index contributed by atoms with van der Waals surface area (Å²) in [4.78, 5) is 15.1. The number of hydrogen-bond acceptors (Lipinski definition) is 4. The molecule has 1 amide bonds. The molecule has 0 aromatic heterocycles. The Morgan fingerprint density at radius 2 is 1.89 bits per heavy atom. The molecule has 0 unspecified atom stereocenters. The Labute approximate surface area is 163 Å². The van der Waals surface area contributed by atoms with E-state index in [9.17, 15) is 4.79 Å². The highest BCUT2D eigenvalue weighted by Gasteiger charge is 2.55. The van der Waals surface area contributed by atoms with Crippen LogP contribution in [-0.4, -0.2) is 25.2 Å². The summed E-state index contributed by atoms with van der Waals surface area (Å²) in [6.07, 6.45) is 0.795. The molecule has 1 saturated heterocycles. The number of carbonyl (C=O) groups is 1. The van der Waals surface area contributed by atoms with Crippen molar-refractivity contribution in [1.82, 2.24) is 0 Å². The molecule has 4 rings (SSSR count). The summed E-state index contributed by atoms with van der Waals surface area (Å²) in [7, 11) is 0. The Hall–Kier alpha value is -2.08. The number of benzene rings is 2. The first kappa shape index (κ1) is 18.3. The normalized spacial score (nSPS) is 18.2. The molecule has 1 spiro atoms. The molecule has 2 aliphatic rings. The molecule has 6 heteroatoms. The molecule has 0 N–H and O–H groups in total. The van der Waals surface area contributed by atoms with Gasteiger partial charge in [-0.25, -0.2) is 0 Å². The lowest BCUT2D eigenvalue weighted by molar-refractivity contribution is -0.256. The van der Waals surface area contributed by atoms with Gasteiger partial charge in [0.15, 0.2) is 0 Å². The summed E-state index contributed by atoms with van der Waals surface area (Å²) in [6.45, 7) is 5.22. The lowest BCUT2D eigenvalue weighted by atomic mass is 10.1. The number of hydrogen-bond donors (Lipinski definition) is 0. The average Bonchev–Trinajstić information content (AvgIpc) is 2.87. The van der Waals surface area contributed by atoms with E-state index >= 15 is 0 Å². The molecule has 0 atom stereocenters. The summed E-state index contributed by atoms with van der Waals surface area (Å²) in [6, 6.07) is 13.2. The first-order valence-electron chi connectivity index (χ1n) is 9.16. The zero-order chi connectivity index (χ0) is 19.0. The van der Waals surface area contributed by atoms with E-state index in [4.69, 9.17) is 25.8 Å². The Balaban J connectivity index is 1.76. The van der Waals surface area contributed by atoms with Gasteiger partial charge in [0.1, 0.15) is 5.75 Å². The van der Waals surface area contributed by atoms with Crippen molar-refractivity contribution in [1.29, 1.82) is 0 Å². The van der Waals surface area contributed by atoms with Crippen LogP contribution >= 0.6 is 11.6 Å². The fourth-order valence-corrected chi connectivity index (χ4v) is 3.86. The van der Waals surface area contributed by atoms with E-state index in [1.807, 2.05) is 50.2 Å². The highest BCUT2D eigenvalue weighted by atomic mass is 35.5. The van der Waals surface area contributed by atoms with E-state index in [0.717, 1.165) is 17.7 Å². The second-order valence-electron chi connectivity index (χ2n) is 6.97. The van der Waals surface area contributed by atoms with Crippen LogP contribution in [-0.2, 0) is 26.6 Å². The van der Waals surface area contributed by atoms with E-state index < -0.39 is 5.79 Å². The minimum atomic E-state index is -1.40. The van der Waals surface area contributed by atoms with Gasteiger partial charge < -0.3 is 19.1 Å². The number of ether oxygens (including phenoxy) is 3. The number of nitrogens with zero attached hydrogens (tertiary/aromatic N) is 1. The smallest absolute Gasteiger partial charge is 0.292 e. The van der Waals surface area contributed by atoms with E-state index in [0.29, 0.717) is 36.0 Å². The number of fused-ring (bicyclic) bond motifs is 2. The average molecular weight is 388 g/mol. The number of para-hydroxylation sites is 2. The maximum atomic E-state index is 13.4. The van der Waals surface area contributed by atoms with E-state index in [1.54, 1.807) is 11.0 Å². The van der Waals surface area contributed by atoms with Gasteiger partial charge in [0.25, 0.3) is 11.7 Å². The quantitative estimate of drug-likeness (QED) is 0.786. The first-order valence-corrected chi connectivity index (χ1v) is 9.54. The van der Waals surface area contributed by atoms with Gasteiger partial charge in [-0.1, -0.05) is 41.9 Å². The molecule has 2 heterocycles. The lowest BCUT2D eigenvalue weighted by Crippen LogP contribution is -2.47. The maximum Gasteiger partial charge on any atom is 0.292 e. The van der Waals surface area contributed by atoms with E-state index in [2.05, 4.69) is 0 Å². The zero-order valence-electron chi connectivity index (χ0n) is 15.4. The Morgan fingerprint density at radius 1 is 1.15 bits per heavy atom. The van der Waals surface area contributed by atoms with Crippen molar-refractivity contribution in [3.63, 3.8) is 0 Å². The molecular formula is C21H22ClNO4. The van der Waals surface area contributed by atoms with E-state index in [-0.39, 0.29) is 12.0 Å². The molecular weight excluding hydrogens is 366 g/mol. The SMILES string of the molecule is CC(C)Oc1ccccc1CN1C(=O)C2(OCCCO2)c2cccc(Cl)c21. The first-order chi connectivity index (χ1) is 13.0. The standard InChI is InChI=1S/C21H22ClNO4/c1-14(2)27-18-10-4-3-7-15(18)13-23-19-16(8-5-9-17(19)22)21(20(23)24)25-11-6-12-26-21/h3-5,7-10,14H,6,11-13H2,1-2H3. The van der Waals surface area contributed by atoms with Crippen molar-refractivity contribution >= 4 is 23.2 Å². The summed E-state index contributed by atoms with van der Waals surface area (Å²) >= 11 is 6.49. The van der Waals surface area contributed by atoms with Crippen LogP contribution in [0.2, 0.25) is 5.02 Å². The molecule has 142 valence electrons. The molecule has 27 heavy (non-hydrogen) atoms. The maximum absolute atomic E-state index is 13.4. The van der Waals surface area contributed by atoms with Crippen molar-refractivity contribution in [2.75, 3.05) is 18.1 Å². The van der Waals surface area contributed by atoms with Gasteiger partial charge in [-0.2, -0.15) is 0 Å². The van der Waals surface area contributed by atoms with Gasteiger partial charge in [-0.3, -0.25) is 4.79 Å². The number of halogens is 1. The molecule has 1 fully saturated rings. The molecule has 0 saturated carbocycles. The summed E-state index contributed by atoms with van der Waals surface area (Å²) in [5, 5.41) is 0.498. The van der Waals surface area contributed by atoms with Gasteiger partial charge in [0.05, 0.1) is 36.6 Å². The largest absolute Gasteiger partial charge is 0.491 e. The van der Waals surface area contributed by atoms with E-state index in [1.165, 1.54) is 0 Å². The van der Waals surface area contributed by atoms with Crippen molar-refractivity contribution in [2.45, 2.75) is 38.7 Å². The van der Waals surface area contributed by atoms with Crippen LogP contribution in [0.15, 0.2) is 42.5 Å². The predicted octanol–water partition coefficient (Wildman–Crippen LogP) is 4.26. The fourth-order valence-electron chi connectivity index (χ4n) is 3.59. The number of anilines is 1. The summed E-state index contributed by atoms with van der Waals surface area (Å²) in [5.41, 5.74) is 2.21. The van der Waals surface area contributed by atoms with Crippen LogP contribution in [0.1, 0.15) is 31.4 Å². The van der Waals surface area contributed by atoms with Crippen molar-refractivity contribution in [3.05, 3.63) is 58.6 Å². The Bertz CT molecular complexity index is 861. The minimum absolute atomic E-state index is 0.0349. The van der Waals surface area contributed by atoms with Gasteiger partial charge in [-0.15, -0.1) is 0 Å². The van der Waals surface area contributed by atoms with Crippen LogP contribution in [0, 0.1) is 0 Å². The molecule has 5 nitrogen and oxygen atoms in total. The molecule has 2 aliphatic heterocycles. The molecule has 0 radical (unpaired) electrons. The fraction of sp³-hybridized carbons (Fsp3) is 0.381. The van der Waals surface area contributed by atoms with Crippen LogP contribution in [0.3, 0.4) is 0 Å². The van der Waals surface area contributed by atoms with Crippen molar-refractivity contribution < 1.29 is 19.0 Å². The van der Waals surface area contributed by atoms with Crippen LogP contribution in [0.5, 0.6) is 5.75 Å². The molecule has 2 aromatic rings.